The Morgan fingerprint density at radius 2 is 2.27 bits per heavy atom. The highest BCUT2D eigenvalue weighted by Gasteiger charge is 2.08. The van der Waals surface area contributed by atoms with Crippen molar-refractivity contribution in [2.75, 3.05) is 0 Å². The van der Waals surface area contributed by atoms with Crippen molar-refractivity contribution < 1.29 is 0 Å². The highest BCUT2D eigenvalue weighted by molar-refractivity contribution is 6.30. The fraction of sp³-hybridized carbons (Fsp3) is 0.0909. The van der Waals surface area contributed by atoms with Crippen LogP contribution >= 0.6 is 11.6 Å². The molecule has 0 atom stereocenters. The van der Waals surface area contributed by atoms with Gasteiger partial charge in [0, 0.05) is 16.3 Å². The number of rotatable bonds is 1. The topological polar surface area (TPSA) is 52.5 Å². The Kier molecular flexibility index (Phi) is 2.44. The Morgan fingerprint density at radius 3 is 2.87 bits per heavy atom. The van der Waals surface area contributed by atoms with Crippen molar-refractivity contribution in [2.24, 2.45) is 0 Å². The van der Waals surface area contributed by atoms with Gasteiger partial charge in [0.1, 0.15) is 6.07 Å². The first-order valence-electron chi connectivity index (χ1n) is 4.43. The first kappa shape index (κ1) is 9.75. The summed E-state index contributed by atoms with van der Waals surface area (Å²) in [6.45, 7) is 1.88. The van der Waals surface area contributed by atoms with Crippen molar-refractivity contribution >= 4 is 11.6 Å². The van der Waals surface area contributed by atoms with E-state index in [0.29, 0.717) is 10.8 Å². The molecule has 0 bridgehead atoms. The lowest BCUT2D eigenvalue weighted by Crippen LogP contribution is -1.80. The van der Waals surface area contributed by atoms with Gasteiger partial charge in [0.05, 0.1) is 5.69 Å². The number of halogens is 1. The summed E-state index contributed by atoms with van der Waals surface area (Å²) in [5, 5.41) is 9.37. The lowest BCUT2D eigenvalue weighted by molar-refractivity contribution is 1.20. The van der Waals surface area contributed by atoms with Crippen LogP contribution in [0.5, 0.6) is 0 Å². The van der Waals surface area contributed by atoms with Gasteiger partial charge >= 0.3 is 0 Å². The normalized spacial score (nSPS) is 9.93. The summed E-state index contributed by atoms with van der Waals surface area (Å²) in [6.07, 6.45) is 0. The van der Waals surface area contributed by atoms with E-state index >= 15 is 0 Å². The van der Waals surface area contributed by atoms with Gasteiger partial charge in [-0.15, -0.1) is 0 Å². The molecule has 0 unspecified atom stereocenters. The van der Waals surface area contributed by atoms with Gasteiger partial charge in [-0.1, -0.05) is 23.7 Å². The number of aromatic nitrogens is 2. The van der Waals surface area contributed by atoms with Crippen LogP contribution in [0.2, 0.25) is 5.02 Å². The van der Waals surface area contributed by atoms with Crippen LogP contribution in [0.25, 0.3) is 11.3 Å². The molecule has 2 aromatic rings. The fourth-order valence-electron chi connectivity index (χ4n) is 1.43. The zero-order valence-corrected chi connectivity index (χ0v) is 8.84. The Hall–Kier alpha value is -1.79. The van der Waals surface area contributed by atoms with Gasteiger partial charge in [0.25, 0.3) is 0 Å². The number of nitriles is 1. The summed E-state index contributed by atoms with van der Waals surface area (Å²) in [7, 11) is 0. The van der Waals surface area contributed by atoms with E-state index < -0.39 is 0 Å². The minimum atomic E-state index is 0.322. The average molecular weight is 218 g/mol. The Balaban J connectivity index is 2.54. The predicted molar refractivity (Wildman–Crippen MR) is 58.5 cm³/mol. The minimum absolute atomic E-state index is 0.322. The number of nitrogens with zero attached hydrogens (tertiary/aromatic N) is 2. The van der Waals surface area contributed by atoms with Gasteiger partial charge in [0.15, 0.2) is 0 Å². The van der Waals surface area contributed by atoms with Gasteiger partial charge in [-0.3, -0.25) is 0 Å². The highest BCUT2D eigenvalue weighted by Crippen LogP contribution is 2.23. The van der Waals surface area contributed by atoms with Crippen LogP contribution in [0.4, 0.5) is 0 Å². The van der Waals surface area contributed by atoms with E-state index in [4.69, 9.17) is 16.9 Å². The van der Waals surface area contributed by atoms with E-state index in [2.05, 4.69) is 9.97 Å². The molecule has 1 aromatic carbocycles. The first-order valence-corrected chi connectivity index (χ1v) is 4.81. The van der Waals surface area contributed by atoms with Gasteiger partial charge in [-0.05, 0) is 19.1 Å². The van der Waals surface area contributed by atoms with Gasteiger partial charge in [-0.2, -0.15) is 5.26 Å². The van der Waals surface area contributed by atoms with Gasteiger partial charge < -0.3 is 4.98 Å². The molecule has 1 heterocycles. The number of H-pyrrole nitrogens is 1. The average Bonchev–Trinajstić information content (AvgIpc) is 2.60. The van der Waals surface area contributed by atoms with Gasteiger partial charge in [-0.25, -0.2) is 4.98 Å². The molecule has 0 aliphatic carbocycles. The van der Waals surface area contributed by atoms with Crippen LogP contribution < -0.4 is 0 Å². The second-order valence-electron chi connectivity index (χ2n) is 3.18. The number of imidazole rings is 1. The second kappa shape index (κ2) is 3.76. The molecule has 3 nitrogen and oxygen atoms in total. The van der Waals surface area contributed by atoms with E-state index in [1.807, 2.05) is 31.2 Å². The third-order valence-electron chi connectivity index (χ3n) is 2.09. The summed E-state index contributed by atoms with van der Waals surface area (Å²) in [5.74, 6) is 0.322. The van der Waals surface area contributed by atoms with Crippen molar-refractivity contribution in [2.45, 2.75) is 6.92 Å². The molecule has 0 saturated heterocycles. The molecular weight excluding hydrogens is 210 g/mol. The summed E-state index contributed by atoms with van der Waals surface area (Å²) >= 11 is 5.88. The van der Waals surface area contributed by atoms with Crippen molar-refractivity contribution in [3.63, 3.8) is 0 Å². The van der Waals surface area contributed by atoms with Gasteiger partial charge in [0.2, 0.25) is 5.82 Å². The largest absolute Gasteiger partial charge is 0.333 e. The predicted octanol–water partition coefficient (Wildman–Crippen LogP) is 2.91. The smallest absolute Gasteiger partial charge is 0.210 e. The van der Waals surface area contributed by atoms with Crippen LogP contribution in [0.1, 0.15) is 11.5 Å². The first-order chi connectivity index (χ1) is 7.20. The lowest BCUT2D eigenvalue weighted by Gasteiger charge is -1.98. The molecule has 74 valence electrons. The molecule has 4 heteroatoms. The number of nitrogens with one attached hydrogen (secondary N) is 1. The molecule has 1 N–H and O–H groups in total. The summed E-state index contributed by atoms with van der Waals surface area (Å²) in [6, 6.07) is 9.37. The van der Waals surface area contributed by atoms with Crippen molar-refractivity contribution in [3.05, 3.63) is 40.8 Å². The van der Waals surface area contributed by atoms with E-state index in [9.17, 15) is 0 Å². The third kappa shape index (κ3) is 1.85. The molecule has 0 fully saturated rings. The third-order valence-corrected chi connectivity index (χ3v) is 2.32. The molecule has 0 aliphatic heterocycles. The van der Waals surface area contributed by atoms with Crippen molar-refractivity contribution in [1.29, 1.82) is 5.26 Å². The van der Waals surface area contributed by atoms with Crippen LogP contribution in [0, 0.1) is 18.3 Å². The highest BCUT2D eigenvalue weighted by atomic mass is 35.5. The number of hydrogen-bond donors (Lipinski definition) is 1. The summed E-state index contributed by atoms with van der Waals surface area (Å²) in [4.78, 5) is 7.06. The van der Waals surface area contributed by atoms with E-state index in [1.54, 1.807) is 6.07 Å². The van der Waals surface area contributed by atoms with Crippen LogP contribution in [0.15, 0.2) is 24.3 Å². The second-order valence-corrected chi connectivity index (χ2v) is 3.62. The van der Waals surface area contributed by atoms with E-state index in [0.717, 1.165) is 17.0 Å². The molecule has 0 radical (unpaired) electrons. The Morgan fingerprint density at radius 1 is 1.47 bits per heavy atom. The summed E-state index contributed by atoms with van der Waals surface area (Å²) in [5.41, 5.74) is 2.56. The number of benzene rings is 1. The molecule has 0 aliphatic rings. The number of aryl methyl sites for hydroxylation is 1. The maximum Gasteiger partial charge on any atom is 0.210 e. The quantitative estimate of drug-likeness (QED) is 0.799. The lowest BCUT2D eigenvalue weighted by atomic mass is 10.1. The SMILES string of the molecule is Cc1[nH]c(C#N)nc1-c1cccc(Cl)c1. The molecule has 1 aromatic heterocycles. The molecule has 0 amide bonds. The maximum absolute atomic E-state index is 8.71. The molecule has 15 heavy (non-hydrogen) atoms. The monoisotopic (exact) mass is 217 g/mol. The maximum atomic E-state index is 8.71. The van der Waals surface area contributed by atoms with E-state index in [1.165, 1.54) is 0 Å². The molecule has 0 saturated carbocycles. The zero-order valence-electron chi connectivity index (χ0n) is 8.08. The van der Waals surface area contributed by atoms with E-state index in [-0.39, 0.29) is 0 Å². The molecule has 2 rings (SSSR count). The van der Waals surface area contributed by atoms with Crippen LogP contribution in [-0.4, -0.2) is 9.97 Å². The molecular formula is C11H8ClN3. The van der Waals surface area contributed by atoms with Crippen molar-refractivity contribution in [3.8, 4) is 17.3 Å². The number of hydrogen-bond acceptors (Lipinski definition) is 2. The fourth-order valence-corrected chi connectivity index (χ4v) is 1.62. The minimum Gasteiger partial charge on any atom is -0.333 e. The summed E-state index contributed by atoms with van der Waals surface area (Å²) < 4.78 is 0. The van der Waals surface area contributed by atoms with Crippen molar-refractivity contribution in [1.82, 2.24) is 9.97 Å². The van der Waals surface area contributed by atoms with Crippen LogP contribution in [0.3, 0.4) is 0 Å². The zero-order chi connectivity index (χ0) is 10.8. The standard InChI is InChI=1S/C11H8ClN3/c1-7-11(15-10(6-13)14-7)8-3-2-4-9(12)5-8/h2-5H,1H3,(H,14,15). The Labute approximate surface area is 92.3 Å². The number of aromatic amines is 1. The Bertz CT molecular complexity index is 537. The van der Waals surface area contributed by atoms with Crippen LogP contribution in [-0.2, 0) is 0 Å². The molecule has 0 spiro atoms.